The Morgan fingerprint density at radius 2 is 2.05 bits per heavy atom. The van der Waals surface area contributed by atoms with E-state index in [9.17, 15) is 37.3 Å². The van der Waals surface area contributed by atoms with Crippen LogP contribution in [0.5, 0.6) is 5.75 Å². The van der Waals surface area contributed by atoms with Gasteiger partial charge in [-0.3, -0.25) is 29.1 Å². The van der Waals surface area contributed by atoms with E-state index in [2.05, 4.69) is 25.8 Å². The van der Waals surface area contributed by atoms with Crippen molar-refractivity contribution in [1.82, 2.24) is 30.1 Å². The second-order valence-electron chi connectivity index (χ2n) is 7.46. The number of carbonyl (C=O) groups is 3. The van der Waals surface area contributed by atoms with Crippen LogP contribution in [-0.4, -0.2) is 79.6 Å². The van der Waals surface area contributed by atoms with Crippen molar-refractivity contribution in [3.63, 3.8) is 0 Å². The number of aromatic hydroxyl groups is 1. The van der Waals surface area contributed by atoms with E-state index in [1.54, 1.807) is 0 Å². The van der Waals surface area contributed by atoms with E-state index in [0.29, 0.717) is 0 Å². The summed E-state index contributed by atoms with van der Waals surface area (Å²) in [6.07, 6.45) is 1.02. The number of anilines is 1. The number of carbonyl (C=O) groups excluding carboxylic acids is 3. The maximum atomic E-state index is 12.5. The zero-order chi connectivity index (χ0) is 27.1. The van der Waals surface area contributed by atoms with Crippen LogP contribution in [0.25, 0.3) is 11.4 Å². The molecule has 4 rings (SSSR count). The van der Waals surface area contributed by atoms with E-state index in [1.807, 2.05) is 0 Å². The molecule has 4 heterocycles. The number of β-lactam (4-membered cyclic amide) rings is 1. The van der Waals surface area contributed by atoms with Gasteiger partial charge in [0.15, 0.2) is 10.9 Å². The quantitative estimate of drug-likeness (QED) is 0.0914. The first-order valence-corrected chi connectivity index (χ1v) is 12.2. The number of thiazole rings is 1. The van der Waals surface area contributed by atoms with Crippen molar-refractivity contribution in [1.29, 1.82) is 5.41 Å². The first kappa shape index (κ1) is 25.5. The van der Waals surface area contributed by atoms with Gasteiger partial charge in [0.2, 0.25) is 11.2 Å². The Morgan fingerprint density at radius 3 is 2.68 bits per heavy atom. The number of nitrogens with two attached hydrogens (primary N) is 1. The van der Waals surface area contributed by atoms with Crippen molar-refractivity contribution in [2.45, 2.75) is 12.1 Å². The summed E-state index contributed by atoms with van der Waals surface area (Å²) >= 11 is 0.973. The molecule has 1 fully saturated rings. The zero-order valence-corrected chi connectivity index (χ0v) is 19.8. The lowest BCUT2D eigenvalue weighted by molar-refractivity contribution is -0.144. The van der Waals surface area contributed by atoms with Crippen molar-refractivity contribution in [2.75, 3.05) is 12.3 Å². The Balaban J connectivity index is 1.46. The molecule has 0 bridgehead atoms. The molecule has 3 aromatic rings. The summed E-state index contributed by atoms with van der Waals surface area (Å²) < 4.78 is 37.7. The van der Waals surface area contributed by atoms with E-state index in [4.69, 9.17) is 15.7 Å². The van der Waals surface area contributed by atoms with Gasteiger partial charge >= 0.3 is 10.3 Å². The van der Waals surface area contributed by atoms with E-state index < -0.39 is 63.5 Å². The summed E-state index contributed by atoms with van der Waals surface area (Å²) in [5.41, 5.74) is 4.21. The standard InChI is InChI=1S/C18H16N8O9S2/c19-13(8-5-36-18(20)23-8)16(30)24-14-9(26(17(14)31)37(32,33)34)3-22-15(29)12-2-7(25-35-12)6-1-10(27)11(28)4-21-6/h1-2,4-5,9,14,19,28H,3H2,(H2,20,23)(H,21,27)(H,22,29)(H,24,30)(H,32,33,34)/t9-,14+/m1/s1. The van der Waals surface area contributed by atoms with Crippen LogP contribution >= 0.6 is 11.3 Å². The largest absolute Gasteiger partial charge is 0.503 e. The van der Waals surface area contributed by atoms with Crippen LogP contribution in [0.4, 0.5) is 5.13 Å². The maximum absolute atomic E-state index is 12.5. The lowest BCUT2D eigenvalue weighted by atomic mass is 9.98. The molecule has 0 aromatic carbocycles. The van der Waals surface area contributed by atoms with Crippen molar-refractivity contribution in [2.24, 2.45) is 0 Å². The van der Waals surface area contributed by atoms with Crippen LogP contribution in [0.3, 0.4) is 0 Å². The fourth-order valence-corrected chi connectivity index (χ4v) is 4.73. The Kier molecular flexibility index (Phi) is 6.50. The van der Waals surface area contributed by atoms with Gasteiger partial charge in [0.25, 0.3) is 17.7 Å². The number of pyridine rings is 1. The highest BCUT2D eigenvalue weighted by molar-refractivity contribution is 7.84. The third kappa shape index (κ3) is 5.03. The highest BCUT2D eigenvalue weighted by Gasteiger charge is 2.54. The zero-order valence-electron chi connectivity index (χ0n) is 18.2. The lowest BCUT2D eigenvalue weighted by Gasteiger charge is -2.44. The minimum atomic E-state index is -5.04. The van der Waals surface area contributed by atoms with Crippen LogP contribution in [0.2, 0.25) is 0 Å². The van der Waals surface area contributed by atoms with Gasteiger partial charge in [-0.2, -0.15) is 8.42 Å². The molecule has 0 radical (unpaired) electrons. The number of hydrogen-bond acceptors (Lipinski definition) is 13. The Labute approximate surface area is 209 Å². The van der Waals surface area contributed by atoms with E-state index in [0.717, 1.165) is 29.7 Å². The molecule has 19 heteroatoms. The van der Waals surface area contributed by atoms with Gasteiger partial charge in [-0.25, -0.2) is 9.29 Å². The molecule has 1 aliphatic rings. The molecule has 17 nitrogen and oxygen atoms in total. The smallest absolute Gasteiger partial charge is 0.362 e. The average molecular weight is 553 g/mol. The highest BCUT2D eigenvalue weighted by atomic mass is 32.2. The van der Waals surface area contributed by atoms with E-state index >= 15 is 0 Å². The third-order valence-corrected chi connectivity index (χ3v) is 6.71. The van der Waals surface area contributed by atoms with Gasteiger partial charge in [-0.1, -0.05) is 5.16 Å². The summed E-state index contributed by atoms with van der Waals surface area (Å²) in [6, 6.07) is -0.800. The van der Waals surface area contributed by atoms with Crippen molar-refractivity contribution in [3.05, 3.63) is 45.4 Å². The fourth-order valence-electron chi connectivity index (χ4n) is 3.30. The highest BCUT2D eigenvalue weighted by Crippen LogP contribution is 2.24. The molecule has 1 aliphatic heterocycles. The topological polar surface area (TPSA) is 275 Å². The van der Waals surface area contributed by atoms with Crippen molar-refractivity contribution < 1.29 is 37.0 Å². The van der Waals surface area contributed by atoms with E-state index in [-0.39, 0.29) is 32.3 Å². The Hall–Kier alpha value is -4.62. The fraction of sp³-hybridized carbons (Fsp3) is 0.167. The Bertz CT molecular complexity index is 1590. The second-order valence-corrected chi connectivity index (χ2v) is 9.64. The minimum absolute atomic E-state index is 0.0342. The second kappa shape index (κ2) is 9.44. The molecular formula is C18H16N8O9S2. The van der Waals surface area contributed by atoms with Crippen LogP contribution in [0, 0.1) is 5.41 Å². The summed E-state index contributed by atoms with van der Waals surface area (Å²) in [5, 5.41) is 26.7. The molecule has 8 N–H and O–H groups in total. The summed E-state index contributed by atoms with van der Waals surface area (Å²) in [5.74, 6) is -4.07. The first-order valence-electron chi connectivity index (χ1n) is 9.95. The predicted molar refractivity (Wildman–Crippen MR) is 124 cm³/mol. The maximum Gasteiger partial charge on any atom is 0.362 e. The number of rotatable bonds is 8. The normalized spacial score (nSPS) is 17.2. The molecule has 0 unspecified atom stereocenters. The molecule has 37 heavy (non-hydrogen) atoms. The van der Waals surface area contributed by atoms with Gasteiger partial charge in [-0.05, 0) is 0 Å². The van der Waals surface area contributed by atoms with Gasteiger partial charge < -0.3 is 31.0 Å². The molecular weight excluding hydrogens is 536 g/mol. The number of nitrogens with one attached hydrogen (secondary N) is 4. The molecule has 3 amide bonds. The van der Waals surface area contributed by atoms with Gasteiger partial charge in [0.05, 0.1) is 11.7 Å². The number of amides is 3. The summed E-state index contributed by atoms with van der Waals surface area (Å²) in [4.78, 5) is 55.2. The van der Waals surface area contributed by atoms with Gasteiger partial charge in [0, 0.05) is 30.3 Å². The van der Waals surface area contributed by atoms with Crippen LogP contribution in [0.15, 0.2) is 33.0 Å². The summed E-state index contributed by atoms with van der Waals surface area (Å²) in [6.45, 7) is -0.571. The molecule has 194 valence electrons. The van der Waals surface area contributed by atoms with Crippen LogP contribution in [-0.2, 0) is 19.9 Å². The van der Waals surface area contributed by atoms with Gasteiger partial charge in [0.1, 0.15) is 23.1 Å². The molecule has 2 atom stereocenters. The molecule has 1 saturated heterocycles. The number of H-pyrrole nitrogens is 1. The SMILES string of the molecule is N=C(C(=O)N[C@@H]1C(=O)N(S(=O)(=O)O)[C@@H]1CNC(=O)c1cc(-c2cc(=O)c(O)c[nH]2)no1)c1csc(N)n1. The summed E-state index contributed by atoms with van der Waals surface area (Å²) in [7, 11) is -5.04. The number of nitrogen functional groups attached to an aromatic ring is 1. The first-order chi connectivity index (χ1) is 17.4. The molecule has 0 aliphatic carbocycles. The third-order valence-electron chi connectivity index (χ3n) is 5.08. The minimum Gasteiger partial charge on any atom is -0.503 e. The average Bonchev–Trinajstić information content (AvgIpc) is 3.49. The monoisotopic (exact) mass is 552 g/mol. The van der Waals surface area contributed by atoms with Crippen molar-refractivity contribution >= 4 is 50.2 Å². The number of hydrogen-bond donors (Lipinski definition) is 7. The van der Waals surface area contributed by atoms with Crippen molar-refractivity contribution in [3.8, 4) is 17.1 Å². The number of aromatic amines is 1. The lowest BCUT2D eigenvalue weighted by Crippen LogP contribution is -2.74. The molecule has 3 aromatic heterocycles. The molecule has 0 saturated carbocycles. The van der Waals surface area contributed by atoms with Crippen LogP contribution < -0.4 is 21.8 Å². The van der Waals surface area contributed by atoms with E-state index in [1.165, 1.54) is 5.38 Å². The number of aromatic nitrogens is 3. The molecule has 0 spiro atoms. The van der Waals surface area contributed by atoms with Crippen LogP contribution in [0.1, 0.15) is 16.2 Å². The predicted octanol–water partition coefficient (Wildman–Crippen LogP) is -1.93. The Morgan fingerprint density at radius 1 is 1.32 bits per heavy atom. The number of nitrogens with zero attached hydrogens (tertiary/aromatic N) is 3. The van der Waals surface area contributed by atoms with Gasteiger partial charge in [-0.15, -0.1) is 11.3 Å².